The third-order valence-corrected chi connectivity index (χ3v) is 8.29. The SMILES string of the molecule is CCCCC=CCCCCCCCC(=O)OCC(COP(=O)(O)OCCN)OC(=O)CCCCCCCC=CCCCCCC. The minimum absolute atomic E-state index is 0.0514. The van der Waals surface area contributed by atoms with Gasteiger partial charge in [-0.25, -0.2) is 4.57 Å². The van der Waals surface area contributed by atoms with E-state index in [0.29, 0.717) is 6.42 Å². The van der Waals surface area contributed by atoms with Crippen LogP contribution in [0.1, 0.15) is 155 Å². The Morgan fingerprint density at radius 3 is 1.64 bits per heavy atom. The second-order valence-corrected chi connectivity index (χ2v) is 13.2. The first-order valence-corrected chi connectivity index (χ1v) is 19.3. The average molecular weight is 660 g/mol. The first kappa shape index (κ1) is 43.5. The number of carbonyl (C=O) groups excluding carboxylic acids is 2. The van der Waals surface area contributed by atoms with Gasteiger partial charge in [0.15, 0.2) is 6.10 Å². The lowest BCUT2D eigenvalue weighted by molar-refractivity contribution is -0.161. The first-order valence-electron chi connectivity index (χ1n) is 17.8. The van der Waals surface area contributed by atoms with Gasteiger partial charge in [0.1, 0.15) is 6.61 Å². The van der Waals surface area contributed by atoms with E-state index in [4.69, 9.17) is 24.3 Å². The predicted octanol–water partition coefficient (Wildman–Crippen LogP) is 9.27. The fraction of sp³-hybridized carbons (Fsp3) is 0.829. The van der Waals surface area contributed by atoms with E-state index in [-0.39, 0.29) is 32.6 Å². The van der Waals surface area contributed by atoms with Gasteiger partial charge in [0.05, 0.1) is 13.2 Å². The molecule has 0 rings (SSSR count). The molecule has 0 saturated heterocycles. The van der Waals surface area contributed by atoms with Gasteiger partial charge in [-0.2, -0.15) is 0 Å². The van der Waals surface area contributed by atoms with Gasteiger partial charge in [0.25, 0.3) is 0 Å². The van der Waals surface area contributed by atoms with Gasteiger partial charge in [0, 0.05) is 19.4 Å². The molecule has 0 amide bonds. The summed E-state index contributed by atoms with van der Waals surface area (Å²) in [6.07, 6.45) is 30.6. The zero-order valence-corrected chi connectivity index (χ0v) is 29.5. The predicted molar refractivity (Wildman–Crippen MR) is 183 cm³/mol. The molecular formula is C35H66NO8P. The fourth-order valence-electron chi connectivity index (χ4n) is 4.61. The van der Waals surface area contributed by atoms with Crippen molar-refractivity contribution >= 4 is 19.8 Å². The molecule has 0 bridgehead atoms. The number of phosphoric ester groups is 1. The van der Waals surface area contributed by atoms with E-state index in [9.17, 15) is 19.0 Å². The van der Waals surface area contributed by atoms with E-state index in [1.165, 1.54) is 44.9 Å². The van der Waals surface area contributed by atoms with E-state index >= 15 is 0 Å². The molecule has 0 aliphatic carbocycles. The number of nitrogens with two attached hydrogens (primary N) is 1. The van der Waals surface area contributed by atoms with Crippen molar-refractivity contribution < 1.29 is 37.6 Å². The Balaban J connectivity index is 4.29. The minimum Gasteiger partial charge on any atom is -0.462 e. The summed E-state index contributed by atoms with van der Waals surface area (Å²) >= 11 is 0. The van der Waals surface area contributed by atoms with Crippen molar-refractivity contribution in [2.45, 2.75) is 161 Å². The zero-order chi connectivity index (χ0) is 33.3. The molecule has 0 radical (unpaired) electrons. The second kappa shape index (κ2) is 32.4. The van der Waals surface area contributed by atoms with Crippen molar-refractivity contribution in [1.29, 1.82) is 0 Å². The average Bonchev–Trinajstić information content (AvgIpc) is 3.02. The summed E-state index contributed by atoms with van der Waals surface area (Å²) in [6, 6.07) is 0. The van der Waals surface area contributed by atoms with Gasteiger partial charge < -0.3 is 20.1 Å². The molecule has 0 aliphatic rings. The Labute approximate surface area is 274 Å². The van der Waals surface area contributed by atoms with Crippen molar-refractivity contribution in [3.63, 3.8) is 0 Å². The molecule has 0 aromatic heterocycles. The van der Waals surface area contributed by atoms with E-state index in [2.05, 4.69) is 38.2 Å². The molecule has 10 heteroatoms. The summed E-state index contributed by atoms with van der Waals surface area (Å²) < 4.78 is 32.5. The number of ether oxygens (including phenoxy) is 2. The summed E-state index contributed by atoms with van der Waals surface area (Å²) in [5.41, 5.74) is 5.32. The van der Waals surface area contributed by atoms with Crippen molar-refractivity contribution in [1.82, 2.24) is 0 Å². The Morgan fingerprint density at radius 2 is 1.11 bits per heavy atom. The molecular weight excluding hydrogens is 593 g/mol. The number of hydrogen-bond donors (Lipinski definition) is 2. The standard InChI is InChI=1S/C35H66NO8P/c1-3-5-7-9-11-13-15-16-18-20-22-24-26-28-35(38)44-33(32-43-45(39,40)42-30-29-36)31-41-34(37)27-25-23-21-19-17-14-12-10-8-6-4-2/h10,12-13,15,33H,3-9,11,14,16-32,36H2,1-2H3,(H,39,40). The van der Waals surface area contributed by atoms with Crippen LogP contribution in [0.25, 0.3) is 0 Å². The van der Waals surface area contributed by atoms with E-state index in [0.717, 1.165) is 77.0 Å². The van der Waals surface area contributed by atoms with Gasteiger partial charge in [-0.05, 0) is 57.8 Å². The molecule has 0 aromatic carbocycles. The van der Waals surface area contributed by atoms with Crippen LogP contribution in [-0.2, 0) is 32.7 Å². The highest BCUT2D eigenvalue weighted by Crippen LogP contribution is 2.43. The maximum absolute atomic E-state index is 12.5. The molecule has 3 N–H and O–H groups in total. The number of allylic oxidation sites excluding steroid dienone is 4. The van der Waals surface area contributed by atoms with Gasteiger partial charge in [-0.1, -0.05) is 109 Å². The van der Waals surface area contributed by atoms with E-state index in [1.54, 1.807) is 0 Å². The molecule has 0 saturated carbocycles. The maximum Gasteiger partial charge on any atom is 0.472 e. The van der Waals surface area contributed by atoms with Crippen LogP contribution in [0.5, 0.6) is 0 Å². The molecule has 2 atom stereocenters. The summed E-state index contributed by atoms with van der Waals surface area (Å²) in [7, 11) is -4.37. The number of rotatable bonds is 33. The lowest BCUT2D eigenvalue weighted by Gasteiger charge is -2.19. The molecule has 264 valence electrons. The third kappa shape index (κ3) is 32.2. The summed E-state index contributed by atoms with van der Waals surface area (Å²) in [4.78, 5) is 34.6. The third-order valence-electron chi connectivity index (χ3n) is 7.31. The second-order valence-electron chi connectivity index (χ2n) is 11.7. The smallest absolute Gasteiger partial charge is 0.462 e. The largest absolute Gasteiger partial charge is 0.472 e. The lowest BCUT2D eigenvalue weighted by atomic mass is 10.1. The number of hydrogen-bond acceptors (Lipinski definition) is 8. The number of carbonyl (C=O) groups is 2. The van der Waals surface area contributed by atoms with Crippen LogP contribution in [-0.4, -0.2) is 49.3 Å². The van der Waals surface area contributed by atoms with Crippen LogP contribution in [0, 0.1) is 0 Å². The number of esters is 2. The van der Waals surface area contributed by atoms with Gasteiger partial charge >= 0.3 is 19.8 Å². The van der Waals surface area contributed by atoms with Crippen LogP contribution in [0.4, 0.5) is 0 Å². The monoisotopic (exact) mass is 659 g/mol. The normalized spacial score (nSPS) is 13.8. The van der Waals surface area contributed by atoms with Gasteiger partial charge in [0.2, 0.25) is 0 Å². The minimum atomic E-state index is -4.37. The topological polar surface area (TPSA) is 134 Å². The van der Waals surface area contributed by atoms with Crippen LogP contribution in [0.2, 0.25) is 0 Å². The van der Waals surface area contributed by atoms with E-state index in [1.807, 2.05) is 0 Å². The van der Waals surface area contributed by atoms with Crippen LogP contribution in [0.15, 0.2) is 24.3 Å². The van der Waals surface area contributed by atoms with Gasteiger partial charge in [-0.15, -0.1) is 0 Å². The fourth-order valence-corrected chi connectivity index (χ4v) is 5.37. The highest BCUT2D eigenvalue weighted by atomic mass is 31.2. The highest BCUT2D eigenvalue weighted by Gasteiger charge is 2.25. The molecule has 2 unspecified atom stereocenters. The molecule has 45 heavy (non-hydrogen) atoms. The first-order chi connectivity index (χ1) is 21.8. The highest BCUT2D eigenvalue weighted by molar-refractivity contribution is 7.47. The van der Waals surface area contributed by atoms with Crippen LogP contribution >= 0.6 is 7.82 Å². The van der Waals surface area contributed by atoms with Crippen molar-refractivity contribution in [3.8, 4) is 0 Å². The summed E-state index contributed by atoms with van der Waals surface area (Å²) in [5, 5.41) is 0. The Morgan fingerprint density at radius 1 is 0.644 bits per heavy atom. The molecule has 9 nitrogen and oxygen atoms in total. The van der Waals surface area contributed by atoms with Crippen molar-refractivity contribution in [2.75, 3.05) is 26.4 Å². The maximum atomic E-state index is 12.5. The molecule has 0 heterocycles. The quantitative estimate of drug-likeness (QED) is 0.0306. The Hall–Kier alpha value is -1.51. The van der Waals surface area contributed by atoms with Gasteiger partial charge in [-0.3, -0.25) is 18.6 Å². The van der Waals surface area contributed by atoms with Crippen LogP contribution in [0.3, 0.4) is 0 Å². The molecule has 0 fully saturated rings. The van der Waals surface area contributed by atoms with Crippen LogP contribution < -0.4 is 5.73 Å². The number of phosphoric acid groups is 1. The summed E-state index contributed by atoms with van der Waals surface area (Å²) in [5.74, 6) is -0.852. The van der Waals surface area contributed by atoms with E-state index < -0.39 is 32.5 Å². The summed E-state index contributed by atoms with van der Waals surface area (Å²) in [6.45, 7) is 3.63. The van der Waals surface area contributed by atoms with Crippen molar-refractivity contribution in [3.05, 3.63) is 24.3 Å². The number of unbranched alkanes of at least 4 members (excludes halogenated alkanes) is 16. The Kier molecular flexibility index (Phi) is 31.3. The lowest BCUT2D eigenvalue weighted by Crippen LogP contribution is -2.29. The van der Waals surface area contributed by atoms with Crippen molar-refractivity contribution in [2.24, 2.45) is 5.73 Å². The molecule has 0 aromatic rings. The zero-order valence-electron chi connectivity index (χ0n) is 28.6. The Bertz CT molecular complexity index is 805. The molecule has 0 spiro atoms. The molecule has 0 aliphatic heterocycles.